The molecule has 9 heteroatoms. The van der Waals surface area contributed by atoms with E-state index in [0.717, 1.165) is 10.8 Å². The number of fused-ring (bicyclic) bond motifs is 1. The summed E-state index contributed by atoms with van der Waals surface area (Å²) in [7, 11) is 0. The summed E-state index contributed by atoms with van der Waals surface area (Å²) in [6.07, 6.45) is -6.78. The minimum Gasteiger partial charge on any atom is -0.506 e. The van der Waals surface area contributed by atoms with Crippen molar-refractivity contribution in [3.63, 3.8) is 0 Å². The zero-order valence-electron chi connectivity index (χ0n) is 16.3. The minimum atomic E-state index is -1.52. The van der Waals surface area contributed by atoms with Gasteiger partial charge in [0.05, 0.1) is 12.3 Å². The Hall–Kier alpha value is -3.08. The van der Waals surface area contributed by atoms with Crippen molar-refractivity contribution in [2.24, 2.45) is 10.2 Å². The van der Waals surface area contributed by atoms with Crippen molar-refractivity contribution < 1.29 is 35.0 Å². The molecule has 1 aliphatic rings. The lowest BCUT2D eigenvalue weighted by molar-refractivity contribution is -0.277. The molecule has 1 aliphatic heterocycles. The Morgan fingerprint density at radius 3 is 2.32 bits per heavy atom. The first-order valence-corrected chi connectivity index (χ1v) is 9.67. The molecule has 31 heavy (non-hydrogen) atoms. The molecule has 5 N–H and O–H groups in total. The summed E-state index contributed by atoms with van der Waals surface area (Å²) in [6, 6.07) is 17.2. The average Bonchev–Trinajstić information content (AvgIpc) is 2.79. The topological polar surface area (TPSA) is 144 Å². The van der Waals surface area contributed by atoms with E-state index in [9.17, 15) is 25.5 Å². The molecule has 1 heterocycles. The summed E-state index contributed by atoms with van der Waals surface area (Å²) in [5.41, 5.74) is 0.855. The van der Waals surface area contributed by atoms with Gasteiger partial charge in [0, 0.05) is 5.39 Å². The predicted octanol–water partition coefficient (Wildman–Crippen LogP) is 2.14. The number of nitrogens with zero attached hydrogens (tertiary/aromatic N) is 2. The van der Waals surface area contributed by atoms with E-state index in [0.29, 0.717) is 17.1 Å². The van der Waals surface area contributed by atoms with Gasteiger partial charge in [0.15, 0.2) is 0 Å². The van der Waals surface area contributed by atoms with Crippen molar-refractivity contribution in [2.75, 3.05) is 6.61 Å². The summed E-state index contributed by atoms with van der Waals surface area (Å²) in [4.78, 5) is 0. The lowest BCUT2D eigenvalue weighted by atomic mass is 9.99. The van der Waals surface area contributed by atoms with Gasteiger partial charge in [0.25, 0.3) is 0 Å². The number of benzene rings is 3. The Balaban J connectivity index is 1.49. The van der Waals surface area contributed by atoms with E-state index in [4.69, 9.17) is 9.47 Å². The third kappa shape index (κ3) is 4.36. The van der Waals surface area contributed by atoms with Gasteiger partial charge in [0.1, 0.15) is 41.6 Å². The molecule has 1 saturated heterocycles. The van der Waals surface area contributed by atoms with E-state index in [1.165, 1.54) is 0 Å². The molecule has 5 atom stereocenters. The molecule has 0 radical (unpaired) electrons. The molecule has 9 nitrogen and oxygen atoms in total. The van der Waals surface area contributed by atoms with Gasteiger partial charge in [-0.05, 0) is 35.7 Å². The van der Waals surface area contributed by atoms with Crippen LogP contribution in [0.25, 0.3) is 10.8 Å². The minimum absolute atomic E-state index is 0.0185. The Morgan fingerprint density at radius 1 is 0.839 bits per heavy atom. The maximum atomic E-state index is 10.2. The summed E-state index contributed by atoms with van der Waals surface area (Å²) < 4.78 is 10.9. The SMILES string of the molecule is OC[C@H]1O[C@H](Oc2ccc(N=Nc3c(O)ccc4ccccc34)cc2)[C@H](O)[C@@H](O)[C@@H]1O. The number of aromatic hydroxyl groups is 1. The summed E-state index contributed by atoms with van der Waals surface area (Å²) in [6.45, 7) is -0.537. The van der Waals surface area contributed by atoms with E-state index in [1.54, 1.807) is 36.4 Å². The summed E-state index contributed by atoms with van der Waals surface area (Å²) in [5, 5.41) is 59.2. The van der Waals surface area contributed by atoms with Crippen molar-refractivity contribution in [3.8, 4) is 11.5 Å². The number of hydrogen-bond donors (Lipinski definition) is 5. The van der Waals surface area contributed by atoms with Crippen LogP contribution in [-0.4, -0.2) is 62.8 Å². The number of hydrogen-bond acceptors (Lipinski definition) is 9. The van der Waals surface area contributed by atoms with E-state index < -0.39 is 37.3 Å². The molecule has 0 unspecified atom stereocenters. The van der Waals surface area contributed by atoms with E-state index in [1.807, 2.05) is 24.3 Å². The number of aliphatic hydroxyl groups is 4. The summed E-state index contributed by atoms with van der Waals surface area (Å²) in [5.74, 6) is 0.335. The van der Waals surface area contributed by atoms with Crippen LogP contribution in [0.4, 0.5) is 11.4 Å². The van der Waals surface area contributed by atoms with Crippen LogP contribution in [0, 0.1) is 0 Å². The van der Waals surface area contributed by atoms with E-state index in [2.05, 4.69) is 10.2 Å². The molecule has 3 aromatic rings. The van der Waals surface area contributed by atoms with Crippen LogP contribution >= 0.6 is 0 Å². The Labute approximate surface area is 177 Å². The van der Waals surface area contributed by atoms with Crippen molar-refractivity contribution in [2.45, 2.75) is 30.7 Å². The summed E-state index contributed by atoms with van der Waals surface area (Å²) >= 11 is 0. The lowest BCUT2D eigenvalue weighted by Crippen LogP contribution is -2.60. The molecule has 0 aromatic heterocycles. The maximum Gasteiger partial charge on any atom is 0.229 e. The number of ether oxygens (including phenoxy) is 2. The highest BCUT2D eigenvalue weighted by Gasteiger charge is 2.44. The third-order valence-electron chi connectivity index (χ3n) is 5.08. The zero-order valence-corrected chi connectivity index (χ0v) is 16.3. The first-order valence-electron chi connectivity index (χ1n) is 9.67. The van der Waals surface area contributed by atoms with Gasteiger partial charge >= 0.3 is 0 Å². The largest absolute Gasteiger partial charge is 0.506 e. The fraction of sp³-hybridized carbons (Fsp3) is 0.273. The van der Waals surface area contributed by atoms with Crippen molar-refractivity contribution in [1.82, 2.24) is 0 Å². The first kappa shape index (κ1) is 21.2. The zero-order chi connectivity index (χ0) is 22.0. The molecule has 0 amide bonds. The maximum absolute atomic E-state index is 10.2. The predicted molar refractivity (Wildman–Crippen MR) is 111 cm³/mol. The Morgan fingerprint density at radius 2 is 1.58 bits per heavy atom. The fourth-order valence-corrected chi connectivity index (χ4v) is 3.35. The Kier molecular flexibility index (Phi) is 6.12. The van der Waals surface area contributed by atoms with Crippen molar-refractivity contribution in [1.29, 1.82) is 0 Å². The molecule has 0 aliphatic carbocycles. The van der Waals surface area contributed by atoms with Crippen LogP contribution in [-0.2, 0) is 4.74 Å². The van der Waals surface area contributed by atoms with Crippen LogP contribution in [0.2, 0.25) is 0 Å². The van der Waals surface area contributed by atoms with Crippen LogP contribution in [0.3, 0.4) is 0 Å². The molecule has 0 saturated carbocycles. The van der Waals surface area contributed by atoms with Gasteiger partial charge in [-0.2, -0.15) is 5.11 Å². The van der Waals surface area contributed by atoms with Crippen LogP contribution < -0.4 is 4.74 Å². The molecule has 0 bridgehead atoms. The second-order valence-corrected chi connectivity index (χ2v) is 7.16. The van der Waals surface area contributed by atoms with Crippen molar-refractivity contribution >= 4 is 22.1 Å². The molecule has 162 valence electrons. The highest BCUT2D eigenvalue weighted by Crippen LogP contribution is 2.36. The van der Waals surface area contributed by atoms with Crippen molar-refractivity contribution in [3.05, 3.63) is 60.7 Å². The van der Waals surface area contributed by atoms with Gasteiger partial charge < -0.3 is 35.0 Å². The fourth-order valence-electron chi connectivity index (χ4n) is 3.35. The molecule has 0 spiro atoms. The third-order valence-corrected chi connectivity index (χ3v) is 5.08. The van der Waals surface area contributed by atoms with Gasteiger partial charge in [-0.3, -0.25) is 0 Å². The van der Waals surface area contributed by atoms with Gasteiger partial charge in [0.2, 0.25) is 6.29 Å². The number of phenols is 1. The Bertz CT molecular complexity index is 1070. The number of phenolic OH excluding ortho intramolecular Hbond substituents is 1. The lowest BCUT2D eigenvalue weighted by Gasteiger charge is -2.39. The molecule has 1 fully saturated rings. The monoisotopic (exact) mass is 426 g/mol. The average molecular weight is 426 g/mol. The van der Waals surface area contributed by atoms with Crippen LogP contribution in [0.15, 0.2) is 70.9 Å². The smallest absolute Gasteiger partial charge is 0.229 e. The second kappa shape index (κ2) is 8.96. The van der Waals surface area contributed by atoms with Crippen LogP contribution in [0.1, 0.15) is 0 Å². The molecular weight excluding hydrogens is 404 g/mol. The van der Waals surface area contributed by atoms with Gasteiger partial charge in [-0.15, -0.1) is 5.11 Å². The van der Waals surface area contributed by atoms with Crippen LogP contribution in [0.5, 0.6) is 11.5 Å². The standard InChI is InChI=1S/C22H22N2O7/c25-11-17-19(27)20(28)21(29)22(31-17)30-14-8-6-13(7-9-14)23-24-18-15-4-2-1-3-12(15)5-10-16(18)26/h1-10,17,19-22,25-29H,11H2/t17-,19-,20+,21-,22+/m1/s1. The molecular formula is C22H22N2O7. The highest BCUT2D eigenvalue weighted by atomic mass is 16.7. The second-order valence-electron chi connectivity index (χ2n) is 7.16. The quantitative estimate of drug-likeness (QED) is 0.393. The van der Waals surface area contributed by atoms with Gasteiger partial charge in [-0.25, -0.2) is 0 Å². The molecule has 4 rings (SSSR count). The molecule has 3 aromatic carbocycles. The van der Waals surface area contributed by atoms with E-state index >= 15 is 0 Å². The highest BCUT2D eigenvalue weighted by molar-refractivity contribution is 5.95. The van der Waals surface area contributed by atoms with Gasteiger partial charge in [-0.1, -0.05) is 30.3 Å². The number of aliphatic hydroxyl groups excluding tert-OH is 4. The normalized spacial score (nSPS) is 26.4. The number of azo groups is 1. The number of rotatable bonds is 5. The first-order chi connectivity index (χ1) is 15.0. The van der Waals surface area contributed by atoms with E-state index in [-0.39, 0.29) is 5.75 Å².